The first kappa shape index (κ1) is 15.9. The van der Waals surface area contributed by atoms with Crippen LogP contribution in [0.15, 0.2) is 23.4 Å². The van der Waals surface area contributed by atoms with Crippen LogP contribution in [0.2, 0.25) is 0 Å². The van der Waals surface area contributed by atoms with Gasteiger partial charge in [-0.15, -0.1) is 5.10 Å². The zero-order valence-electron chi connectivity index (χ0n) is 13.0. The zero-order chi connectivity index (χ0) is 16.2. The molecule has 2 aromatic rings. The van der Waals surface area contributed by atoms with Crippen LogP contribution in [0.1, 0.15) is 49.3 Å². The Kier molecular flexibility index (Phi) is 4.90. The molecule has 1 fully saturated rings. The van der Waals surface area contributed by atoms with Gasteiger partial charge in [-0.05, 0) is 35.8 Å². The fourth-order valence-electron chi connectivity index (χ4n) is 3.00. The highest BCUT2D eigenvalue weighted by atomic mass is 32.2. The minimum absolute atomic E-state index is 0.162. The average Bonchev–Trinajstić information content (AvgIpc) is 3.03. The smallest absolute Gasteiger partial charge is 0.258 e. The molecule has 1 saturated carbocycles. The number of hydrogen-bond acceptors (Lipinski definition) is 6. The summed E-state index contributed by atoms with van der Waals surface area (Å²) in [6, 6.07) is 5.57. The maximum atomic E-state index is 11.0. The number of hydrogen-bond donors (Lipinski definition) is 0. The molecule has 0 amide bonds. The number of benzene rings is 1. The van der Waals surface area contributed by atoms with Gasteiger partial charge in [-0.2, -0.15) is 0 Å². The van der Waals surface area contributed by atoms with Crippen LogP contribution >= 0.6 is 11.8 Å². The molecule has 0 atom stereocenters. The monoisotopic (exact) mass is 333 g/mol. The highest BCUT2D eigenvalue weighted by molar-refractivity contribution is 7.98. The first-order chi connectivity index (χ1) is 11.2. The van der Waals surface area contributed by atoms with Crippen LogP contribution in [0.3, 0.4) is 0 Å². The van der Waals surface area contributed by atoms with Gasteiger partial charge in [-0.25, -0.2) is 4.68 Å². The number of thioether (sulfide) groups is 1. The quantitative estimate of drug-likeness (QED) is 0.471. The number of nitro groups is 1. The second-order valence-corrected chi connectivity index (χ2v) is 6.75. The van der Waals surface area contributed by atoms with Crippen LogP contribution < -0.4 is 0 Å². The van der Waals surface area contributed by atoms with Gasteiger partial charge in [0, 0.05) is 17.4 Å². The molecule has 7 nitrogen and oxygen atoms in total. The standard InChI is InChI=1S/C15H19N5O2S/c1-11-12(6-5-9-14(11)20(21)22)10-23-15-16-17-18-19(15)13-7-3-2-4-8-13/h5-6,9,13H,2-4,7-8,10H2,1H3. The summed E-state index contributed by atoms with van der Waals surface area (Å²) in [4.78, 5) is 10.7. The van der Waals surface area contributed by atoms with Gasteiger partial charge >= 0.3 is 0 Å². The summed E-state index contributed by atoms with van der Waals surface area (Å²) >= 11 is 1.54. The van der Waals surface area contributed by atoms with Gasteiger partial charge < -0.3 is 0 Å². The highest BCUT2D eigenvalue weighted by Gasteiger charge is 2.21. The van der Waals surface area contributed by atoms with Crippen molar-refractivity contribution in [2.45, 2.75) is 56.0 Å². The number of nitro benzene ring substituents is 1. The van der Waals surface area contributed by atoms with Gasteiger partial charge in [0.25, 0.3) is 5.69 Å². The minimum atomic E-state index is -0.338. The molecule has 0 spiro atoms. The summed E-state index contributed by atoms with van der Waals surface area (Å²) in [7, 11) is 0. The highest BCUT2D eigenvalue weighted by Crippen LogP contribution is 2.32. The lowest BCUT2D eigenvalue weighted by Gasteiger charge is -2.22. The van der Waals surface area contributed by atoms with E-state index >= 15 is 0 Å². The molecule has 0 saturated heterocycles. The topological polar surface area (TPSA) is 86.7 Å². The molecule has 0 bridgehead atoms. The Morgan fingerprint density at radius 3 is 2.87 bits per heavy atom. The van der Waals surface area contributed by atoms with Crippen LogP contribution in [0, 0.1) is 17.0 Å². The molecular formula is C15H19N5O2S. The fraction of sp³-hybridized carbons (Fsp3) is 0.533. The van der Waals surface area contributed by atoms with Crippen molar-refractivity contribution in [1.82, 2.24) is 20.2 Å². The average molecular weight is 333 g/mol. The van der Waals surface area contributed by atoms with Gasteiger partial charge in [0.2, 0.25) is 5.16 Å². The number of tetrazole rings is 1. The summed E-state index contributed by atoms with van der Waals surface area (Å²) in [6.07, 6.45) is 5.97. The van der Waals surface area contributed by atoms with E-state index in [1.807, 2.05) is 10.7 Å². The molecule has 0 N–H and O–H groups in total. The molecule has 1 heterocycles. The minimum Gasteiger partial charge on any atom is -0.258 e. The van der Waals surface area contributed by atoms with Gasteiger partial charge in [-0.1, -0.05) is 43.2 Å². The predicted molar refractivity (Wildman–Crippen MR) is 87.3 cm³/mol. The van der Waals surface area contributed by atoms with Crippen molar-refractivity contribution in [2.24, 2.45) is 0 Å². The molecule has 1 aromatic heterocycles. The lowest BCUT2D eigenvalue weighted by atomic mass is 9.96. The van der Waals surface area contributed by atoms with Crippen LogP contribution in [0.5, 0.6) is 0 Å². The maximum Gasteiger partial charge on any atom is 0.272 e. The Balaban J connectivity index is 1.73. The Labute approximate surface area is 138 Å². The van der Waals surface area contributed by atoms with Gasteiger partial charge in [0.15, 0.2) is 0 Å². The SMILES string of the molecule is Cc1c(CSc2nnnn2C2CCCCC2)cccc1[N+](=O)[O-]. The van der Waals surface area contributed by atoms with Gasteiger partial charge in [0.05, 0.1) is 11.0 Å². The number of nitrogens with zero attached hydrogens (tertiary/aromatic N) is 5. The fourth-order valence-corrected chi connectivity index (χ4v) is 4.01. The molecule has 23 heavy (non-hydrogen) atoms. The van der Waals surface area contributed by atoms with Crippen molar-refractivity contribution in [2.75, 3.05) is 0 Å². The van der Waals surface area contributed by atoms with E-state index in [4.69, 9.17) is 0 Å². The van der Waals surface area contributed by atoms with Crippen molar-refractivity contribution in [1.29, 1.82) is 0 Å². The van der Waals surface area contributed by atoms with Crippen LogP contribution in [0.25, 0.3) is 0 Å². The van der Waals surface area contributed by atoms with E-state index in [0.717, 1.165) is 23.6 Å². The lowest BCUT2D eigenvalue weighted by molar-refractivity contribution is -0.385. The van der Waals surface area contributed by atoms with E-state index in [9.17, 15) is 10.1 Å². The molecule has 0 radical (unpaired) electrons. The Hall–Kier alpha value is -1.96. The molecule has 0 unspecified atom stereocenters. The lowest BCUT2D eigenvalue weighted by Crippen LogP contribution is -2.15. The normalized spacial score (nSPS) is 15.7. The largest absolute Gasteiger partial charge is 0.272 e. The third-order valence-electron chi connectivity index (χ3n) is 4.35. The van der Waals surface area contributed by atoms with E-state index in [1.165, 1.54) is 37.1 Å². The molecule has 122 valence electrons. The summed E-state index contributed by atoms with van der Waals surface area (Å²) in [6.45, 7) is 1.79. The first-order valence-corrected chi connectivity index (χ1v) is 8.79. The first-order valence-electron chi connectivity index (χ1n) is 7.80. The predicted octanol–water partition coefficient (Wildman–Crippen LogP) is 3.69. The second-order valence-electron chi connectivity index (χ2n) is 5.80. The third kappa shape index (κ3) is 3.52. The summed E-state index contributed by atoms with van der Waals surface area (Å²) in [5.41, 5.74) is 1.82. The Morgan fingerprint density at radius 1 is 1.35 bits per heavy atom. The molecule has 1 aliphatic carbocycles. The van der Waals surface area contributed by atoms with E-state index in [-0.39, 0.29) is 10.6 Å². The molecular weight excluding hydrogens is 314 g/mol. The molecule has 3 rings (SSSR count). The van der Waals surface area contributed by atoms with E-state index < -0.39 is 0 Å². The van der Waals surface area contributed by atoms with Crippen LogP contribution in [-0.2, 0) is 5.75 Å². The molecule has 0 aliphatic heterocycles. The van der Waals surface area contributed by atoms with Crippen molar-refractivity contribution in [3.63, 3.8) is 0 Å². The van der Waals surface area contributed by atoms with Gasteiger partial charge in [0.1, 0.15) is 0 Å². The zero-order valence-corrected chi connectivity index (χ0v) is 13.8. The number of aromatic nitrogens is 4. The molecule has 1 aliphatic rings. The Bertz CT molecular complexity index is 697. The van der Waals surface area contributed by atoms with Crippen LogP contribution in [0.4, 0.5) is 5.69 Å². The van der Waals surface area contributed by atoms with E-state index in [2.05, 4.69) is 15.5 Å². The van der Waals surface area contributed by atoms with Crippen molar-refractivity contribution in [3.8, 4) is 0 Å². The third-order valence-corrected chi connectivity index (χ3v) is 5.34. The van der Waals surface area contributed by atoms with E-state index in [0.29, 0.717) is 17.4 Å². The Morgan fingerprint density at radius 2 is 2.13 bits per heavy atom. The molecule has 8 heteroatoms. The van der Waals surface area contributed by atoms with Gasteiger partial charge in [-0.3, -0.25) is 10.1 Å². The molecule has 1 aromatic carbocycles. The second kappa shape index (κ2) is 7.08. The number of rotatable bonds is 5. The van der Waals surface area contributed by atoms with Crippen molar-refractivity contribution >= 4 is 17.4 Å². The maximum absolute atomic E-state index is 11.0. The van der Waals surface area contributed by atoms with E-state index in [1.54, 1.807) is 13.0 Å². The summed E-state index contributed by atoms with van der Waals surface area (Å²) < 4.78 is 1.93. The van der Waals surface area contributed by atoms with Crippen molar-refractivity contribution < 1.29 is 4.92 Å². The summed E-state index contributed by atoms with van der Waals surface area (Å²) in [5, 5.41) is 23.9. The van der Waals surface area contributed by atoms with Crippen LogP contribution in [-0.4, -0.2) is 25.1 Å². The summed E-state index contributed by atoms with van der Waals surface area (Å²) in [5.74, 6) is 0.626. The van der Waals surface area contributed by atoms with Crippen molar-refractivity contribution in [3.05, 3.63) is 39.4 Å².